The van der Waals surface area contributed by atoms with Crippen LogP contribution in [0.3, 0.4) is 0 Å². The molecule has 0 unspecified atom stereocenters. The molecule has 4 heteroatoms. The molecule has 4 nitrogen and oxygen atoms in total. The first-order valence-corrected chi connectivity index (χ1v) is 5.45. The molecule has 0 aliphatic rings. The number of Topliss-reactive ketones (excluding diaryl/α,β-unsaturated/α-hetero) is 1. The van der Waals surface area contributed by atoms with Gasteiger partial charge in [-0.25, -0.2) is 5.06 Å². The van der Waals surface area contributed by atoms with Crippen LogP contribution in [0, 0.1) is 0 Å². The van der Waals surface area contributed by atoms with Gasteiger partial charge in [-0.2, -0.15) is 0 Å². The van der Waals surface area contributed by atoms with E-state index in [0.29, 0.717) is 18.4 Å². The number of hydrogen-bond acceptors (Lipinski definition) is 3. The van der Waals surface area contributed by atoms with Crippen LogP contribution in [-0.2, 0) is 16.1 Å². The zero-order chi connectivity index (χ0) is 12.8. The third kappa shape index (κ3) is 4.00. The third-order valence-electron chi connectivity index (χ3n) is 2.59. The minimum Gasteiger partial charge on any atom is -0.295 e. The Kier molecular flexibility index (Phi) is 4.84. The molecular formula is C13H17NO3. The van der Waals surface area contributed by atoms with E-state index < -0.39 is 0 Å². The maximum atomic E-state index is 11.5. The van der Waals surface area contributed by atoms with Gasteiger partial charge in [0.15, 0.2) is 5.78 Å². The Labute approximate surface area is 101 Å². The van der Waals surface area contributed by atoms with Gasteiger partial charge in [0.1, 0.15) is 0 Å². The fraction of sp³-hybridized carbons (Fsp3) is 0.385. The lowest BCUT2D eigenvalue weighted by Crippen LogP contribution is -2.25. The smallest absolute Gasteiger partial charge is 0.246 e. The van der Waals surface area contributed by atoms with Gasteiger partial charge in [-0.05, 0) is 25.0 Å². The molecule has 0 radical (unpaired) electrons. The number of nitrogens with zero attached hydrogens (tertiary/aromatic N) is 1. The van der Waals surface area contributed by atoms with Crippen LogP contribution in [0.4, 0.5) is 0 Å². The monoisotopic (exact) mass is 235 g/mol. The number of aryl methyl sites for hydroxylation is 1. The fourth-order valence-corrected chi connectivity index (χ4v) is 1.46. The van der Waals surface area contributed by atoms with E-state index in [9.17, 15) is 9.59 Å². The van der Waals surface area contributed by atoms with E-state index in [2.05, 4.69) is 0 Å². The molecule has 1 aromatic rings. The summed E-state index contributed by atoms with van der Waals surface area (Å²) in [4.78, 5) is 27.5. The number of ketones is 1. The van der Waals surface area contributed by atoms with E-state index >= 15 is 0 Å². The van der Waals surface area contributed by atoms with Crippen molar-refractivity contribution >= 4 is 11.7 Å². The summed E-state index contributed by atoms with van der Waals surface area (Å²) in [7, 11) is 3.03. The van der Waals surface area contributed by atoms with Crippen LogP contribution in [0.25, 0.3) is 0 Å². The molecule has 0 atom stereocenters. The quantitative estimate of drug-likeness (QED) is 0.578. The Morgan fingerprint density at radius 1 is 1.35 bits per heavy atom. The summed E-state index contributed by atoms with van der Waals surface area (Å²) in [6.07, 6.45) is 0.972. The minimum absolute atomic E-state index is 0.0344. The van der Waals surface area contributed by atoms with Gasteiger partial charge in [-0.15, -0.1) is 0 Å². The normalized spacial score (nSPS) is 10.1. The molecule has 0 aliphatic heterocycles. The number of hydroxylamine groups is 2. The molecule has 0 aromatic heterocycles. The van der Waals surface area contributed by atoms with Gasteiger partial charge < -0.3 is 0 Å². The number of hydrogen-bond donors (Lipinski definition) is 0. The second-order valence-corrected chi connectivity index (χ2v) is 3.83. The van der Waals surface area contributed by atoms with Gasteiger partial charge in [0.2, 0.25) is 5.91 Å². The van der Waals surface area contributed by atoms with Crippen molar-refractivity contribution in [1.29, 1.82) is 0 Å². The minimum atomic E-state index is -0.0827. The molecule has 0 saturated heterocycles. The highest BCUT2D eigenvalue weighted by Gasteiger charge is 2.08. The third-order valence-corrected chi connectivity index (χ3v) is 2.59. The van der Waals surface area contributed by atoms with Crippen LogP contribution in [0.2, 0.25) is 0 Å². The van der Waals surface area contributed by atoms with Crippen molar-refractivity contribution in [3.63, 3.8) is 0 Å². The first-order valence-electron chi connectivity index (χ1n) is 5.45. The summed E-state index contributed by atoms with van der Waals surface area (Å²) in [5, 5.41) is 1.20. The molecule has 0 aliphatic carbocycles. The first-order chi connectivity index (χ1) is 8.04. The maximum absolute atomic E-state index is 11.5. The number of carbonyl (C=O) groups is 2. The van der Waals surface area contributed by atoms with Crippen LogP contribution in [-0.4, -0.2) is 30.9 Å². The van der Waals surface area contributed by atoms with Gasteiger partial charge in [0.25, 0.3) is 0 Å². The summed E-state index contributed by atoms with van der Waals surface area (Å²) in [5.41, 5.74) is 1.66. The second kappa shape index (κ2) is 6.15. The lowest BCUT2D eigenvalue weighted by Gasteiger charge is -2.13. The topological polar surface area (TPSA) is 46.6 Å². The van der Waals surface area contributed by atoms with Crippen molar-refractivity contribution in [1.82, 2.24) is 5.06 Å². The summed E-state index contributed by atoms with van der Waals surface area (Å²) in [6, 6.07) is 7.33. The Hall–Kier alpha value is -1.68. The summed E-state index contributed by atoms with van der Waals surface area (Å²) in [6.45, 7) is 1.53. The molecule has 0 spiro atoms. The lowest BCUT2D eigenvalue weighted by molar-refractivity contribution is -0.168. The van der Waals surface area contributed by atoms with Gasteiger partial charge in [0.05, 0.1) is 7.11 Å². The van der Waals surface area contributed by atoms with Crippen LogP contribution >= 0.6 is 0 Å². The molecule has 0 N–H and O–H groups in total. The zero-order valence-electron chi connectivity index (χ0n) is 10.4. The van der Waals surface area contributed by atoms with Crippen molar-refractivity contribution in [3.8, 4) is 0 Å². The van der Waals surface area contributed by atoms with Crippen LogP contribution in [0.15, 0.2) is 24.3 Å². The van der Waals surface area contributed by atoms with E-state index in [1.54, 1.807) is 13.1 Å². The molecule has 0 saturated carbocycles. The molecule has 1 aromatic carbocycles. The predicted molar refractivity (Wildman–Crippen MR) is 64.5 cm³/mol. The Balaban J connectivity index is 2.60. The summed E-state index contributed by atoms with van der Waals surface area (Å²) >= 11 is 0. The van der Waals surface area contributed by atoms with Crippen molar-refractivity contribution in [3.05, 3.63) is 35.4 Å². The van der Waals surface area contributed by atoms with Crippen LogP contribution in [0.1, 0.15) is 29.3 Å². The maximum Gasteiger partial charge on any atom is 0.246 e. The van der Waals surface area contributed by atoms with Crippen molar-refractivity contribution in [2.24, 2.45) is 0 Å². The van der Waals surface area contributed by atoms with E-state index in [-0.39, 0.29) is 11.7 Å². The van der Waals surface area contributed by atoms with Crippen molar-refractivity contribution in [2.45, 2.75) is 19.8 Å². The van der Waals surface area contributed by atoms with Crippen molar-refractivity contribution in [2.75, 3.05) is 14.2 Å². The number of carbonyl (C=O) groups excluding carboxylic acids is 2. The Bertz CT molecular complexity index is 415. The SMILES string of the molecule is CON(C)C(=O)CCc1cccc(C(C)=O)c1. The highest BCUT2D eigenvalue weighted by Crippen LogP contribution is 2.09. The second-order valence-electron chi connectivity index (χ2n) is 3.83. The van der Waals surface area contributed by atoms with E-state index in [1.807, 2.05) is 18.2 Å². The predicted octanol–water partition coefficient (Wildman–Crippen LogP) is 1.84. The van der Waals surface area contributed by atoms with E-state index in [0.717, 1.165) is 5.56 Å². The fourth-order valence-electron chi connectivity index (χ4n) is 1.46. The molecule has 1 amide bonds. The number of benzene rings is 1. The van der Waals surface area contributed by atoms with Crippen molar-refractivity contribution < 1.29 is 14.4 Å². The molecule has 0 heterocycles. The highest BCUT2D eigenvalue weighted by molar-refractivity contribution is 5.94. The Morgan fingerprint density at radius 3 is 2.65 bits per heavy atom. The summed E-state index contributed by atoms with van der Waals surface area (Å²) in [5.74, 6) is -0.0482. The number of amides is 1. The van der Waals surface area contributed by atoms with Gasteiger partial charge in [-0.3, -0.25) is 14.4 Å². The van der Waals surface area contributed by atoms with E-state index in [1.165, 1.54) is 19.1 Å². The highest BCUT2D eigenvalue weighted by atomic mass is 16.7. The molecule has 0 fully saturated rings. The zero-order valence-corrected chi connectivity index (χ0v) is 10.4. The molecule has 17 heavy (non-hydrogen) atoms. The lowest BCUT2D eigenvalue weighted by atomic mass is 10.0. The molecular weight excluding hydrogens is 218 g/mol. The van der Waals surface area contributed by atoms with Gasteiger partial charge in [0, 0.05) is 19.0 Å². The Morgan fingerprint density at radius 2 is 2.06 bits per heavy atom. The largest absolute Gasteiger partial charge is 0.295 e. The van der Waals surface area contributed by atoms with Crippen LogP contribution < -0.4 is 0 Å². The molecule has 1 rings (SSSR count). The van der Waals surface area contributed by atoms with Gasteiger partial charge >= 0.3 is 0 Å². The molecule has 92 valence electrons. The van der Waals surface area contributed by atoms with Gasteiger partial charge in [-0.1, -0.05) is 18.2 Å². The van der Waals surface area contributed by atoms with E-state index in [4.69, 9.17) is 4.84 Å². The standard InChI is InChI=1S/C13H17NO3/c1-10(15)12-6-4-5-11(9-12)7-8-13(16)14(2)17-3/h4-6,9H,7-8H2,1-3H3. The molecule has 0 bridgehead atoms. The van der Waals surface area contributed by atoms with Crippen LogP contribution in [0.5, 0.6) is 0 Å². The average Bonchev–Trinajstić information content (AvgIpc) is 2.35. The first kappa shape index (κ1) is 13.4. The average molecular weight is 235 g/mol. The number of rotatable bonds is 5. The summed E-state index contributed by atoms with van der Waals surface area (Å²) < 4.78 is 0.